The number of aromatic hydroxyl groups is 1. The molecule has 0 saturated carbocycles. The van der Waals surface area contributed by atoms with E-state index in [4.69, 9.17) is 11.5 Å². The molecule has 10 amide bonds. The summed E-state index contributed by atoms with van der Waals surface area (Å²) >= 11 is 2.86. The van der Waals surface area contributed by atoms with Crippen molar-refractivity contribution in [2.24, 2.45) is 11.5 Å². The van der Waals surface area contributed by atoms with Gasteiger partial charge in [-0.3, -0.25) is 47.9 Å². The molecule has 24 nitrogen and oxygen atoms in total. The van der Waals surface area contributed by atoms with Gasteiger partial charge in [0, 0.05) is 78.9 Å². The van der Waals surface area contributed by atoms with Gasteiger partial charge in [-0.05, 0) is 129 Å². The van der Waals surface area contributed by atoms with E-state index in [1.807, 2.05) is 24.3 Å². The van der Waals surface area contributed by atoms with E-state index in [0.717, 1.165) is 11.1 Å². The minimum absolute atomic E-state index is 0.0383. The Morgan fingerprint density at radius 2 is 1.32 bits per heavy atom. The number of nitrogens with one attached hydrogen (secondary N) is 8. The van der Waals surface area contributed by atoms with Crippen LogP contribution in [-0.4, -0.2) is 165 Å². The molecule has 0 radical (unpaired) electrons. The van der Waals surface area contributed by atoms with Gasteiger partial charge in [0.15, 0.2) is 0 Å². The maximum absolute atomic E-state index is 15.1. The highest BCUT2D eigenvalue weighted by Gasteiger charge is 2.42. The van der Waals surface area contributed by atoms with Crippen LogP contribution < -0.4 is 48.7 Å². The topological polar surface area (TPSA) is 373 Å². The lowest BCUT2D eigenvalue weighted by Crippen LogP contribution is -2.60. The van der Waals surface area contributed by atoms with Gasteiger partial charge in [0.1, 0.15) is 59.9 Å². The van der Waals surface area contributed by atoms with Crippen molar-refractivity contribution in [1.82, 2.24) is 52.0 Å². The van der Waals surface area contributed by atoms with Crippen molar-refractivity contribution in [3.05, 3.63) is 136 Å². The van der Waals surface area contributed by atoms with E-state index in [2.05, 4.69) is 48.3 Å². The zero-order chi connectivity index (χ0) is 65.8. The number of nitrogens with zero attached hydrogens (tertiary/aromatic N) is 3. The normalized spacial score (nSPS) is 23.5. The van der Waals surface area contributed by atoms with Gasteiger partial charge in [0.2, 0.25) is 59.1 Å². The molecule has 5 aromatic rings. The average Bonchev–Trinajstić information content (AvgIpc) is 1.76. The zero-order valence-corrected chi connectivity index (χ0v) is 52.6. The summed E-state index contributed by atoms with van der Waals surface area (Å²) in [4.78, 5) is 147. The maximum atomic E-state index is 15.1. The largest absolute Gasteiger partial charge is 0.508 e. The van der Waals surface area contributed by atoms with E-state index in [1.165, 1.54) is 76.6 Å². The first-order valence-electron chi connectivity index (χ1n) is 30.7. The molecule has 8 atom stereocenters. The molecule has 92 heavy (non-hydrogen) atoms. The molecule has 27 heteroatoms. The first-order chi connectivity index (χ1) is 44.3. The highest BCUT2D eigenvalue weighted by atomic mass is 32.2. The lowest BCUT2D eigenvalue weighted by molar-refractivity contribution is -0.143. The van der Waals surface area contributed by atoms with E-state index in [-0.39, 0.29) is 75.1 Å². The number of phenols is 1. The molecule has 2 saturated heterocycles. The molecule has 0 spiro atoms. The Bertz CT molecular complexity index is 3550. The molecule has 8 rings (SSSR count). The molecule has 488 valence electrons. The van der Waals surface area contributed by atoms with Crippen LogP contribution in [0.1, 0.15) is 91.7 Å². The number of amides is 10. The van der Waals surface area contributed by atoms with Crippen LogP contribution in [0, 0.1) is 17.1 Å². The van der Waals surface area contributed by atoms with Gasteiger partial charge >= 0.3 is 0 Å². The van der Waals surface area contributed by atoms with Crippen LogP contribution in [0.4, 0.5) is 4.39 Å². The number of halogens is 1. The molecular weight excluding hydrogens is 1220 g/mol. The minimum atomic E-state index is -1.48. The van der Waals surface area contributed by atoms with Gasteiger partial charge in [-0.2, -0.15) is 28.8 Å². The van der Waals surface area contributed by atoms with E-state index in [0.29, 0.717) is 77.1 Å². The average molecular weight is 1300 g/mol. The maximum Gasteiger partial charge on any atom is 0.246 e. The number of nitrogens with two attached hydrogens (primary N) is 2. The fourth-order valence-electron chi connectivity index (χ4n) is 11.5. The number of H-pyrrole nitrogens is 1. The molecule has 1 aromatic heterocycles. The first kappa shape index (κ1) is 68.9. The SMILES string of the molecule is C[C@@H]1NC(=O)[C@@H]2CCCN2C(=O)[C@H](Cc2cccc(C#N)c2)NC(=O)[C@H](Cc2c[nH]c3ccc(F)cc23)NC(=O)CNC(=O)[C@H](CCCCN)NC(=O)CCSCc2cccc(c2)CSC[C@@H](C(N)=O)NC(=O)[C@@H]2CCCN2C(=O)[C@H](Cc2ccc(O)cc2)NC1=O. The third-order valence-corrected chi connectivity index (χ3v) is 18.4. The van der Waals surface area contributed by atoms with Crippen molar-refractivity contribution in [2.45, 2.75) is 137 Å². The fourth-order valence-corrected chi connectivity index (χ4v) is 13.4. The summed E-state index contributed by atoms with van der Waals surface area (Å²) < 4.78 is 14.8. The van der Waals surface area contributed by atoms with Gasteiger partial charge in [0.05, 0.1) is 18.2 Å². The van der Waals surface area contributed by atoms with Gasteiger partial charge in [-0.15, -0.1) is 0 Å². The number of nitriles is 1. The van der Waals surface area contributed by atoms with Crippen LogP contribution in [-0.2, 0) is 78.7 Å². The smallest absolute Gasteiger partial charge is 0.246 e. The first-order valence-corrected chi connectivity index (χ1v) is 33.0. The summed E-state index contributed by atoms with van der Waals surface area (Å²) in [6, 6.07) is 16.2. The molecule has 0 aliphatic carbocycles. The second-order valence-electron chi connectivity index (χ2n) is 23.2. The number of carbonyl (C=O) groups excluding carboxylic acids is 10. The van der Waals surface area contributed by atoms with Crippen molar-refractivity contribution in [3.8, 4) is 11.8 Å². The molecule has 3 aliphatic heterocycles. The van der Waals surface area contributed by atoms with Crippen LogP contribution in [0.3, 0.4) is 0 Å². The standard InChI is InChI=1S/C65H78FN13O11S2/c1-38-59(84)75-51(28-39-15-18-46(80)19-16-39)64(89)79-24-7-14-55(79)63(88)77-53(58(69)83)37-92-36-43-11-5-10-42(27-43)35-91-25-21-56(81)73-49(12-2-3-22-67)60(85)71-34-57(82)74-50(30-44-33-70-48-20-17-45(66)31-47(44)48)61(86)76-52(29-40-8-4-9-41(26-40)32-68)65(90)78-23-6-13-54(78)62(87)72-38/h4-5,8-11,15-20,26-27,31,33,38,49-55,70,80H,2-3,6-7,12-14,21-25,28-30,34-37,67H2,1H3,(H2,69,83)(H,71,85)(H,72,87)(H,73,81)(H,74,82)(H,75,84)(H,76,86)(H,77,88)/t38-,49-,50-,51-,52-,53-,54-,55-/m0/s1. The summed E-state index contributed by atoms with van der Waals surface area (Å²) in [5.41, 5.74) is 15.7. The van der Waals surface area contributed by atoms with Crippen molar-refractivity contribution in [1.29, 1.82) is 5.26 Å². The summed E-state index contributed by atoms with van der Waals surface area (Å²) in [5, 5.41) is 39.4. The third-order valence-electron chi connectivity index (χ3n) is 16.3. The molecule has 13 N–H and O–H groups in total. The zero-order valence-electron chi connectivity index (χ0n) is 51.0. The van der Waals surface area contributed by atoms with Crippen LogP contribution in [0.15, 0.2) is 97.2 Å². The molecule has 2 fully saturated rings. The Morgan fingerprint density at radius 3 is 1.99 bits per heavy atom. The molecule has 0 unspecified atom stereocenters. The highest BCUT2D eigenvalue weighted by Crippen LogP contribution is 2.26. The highest BCUT2D eigenvalue weighted by molar-refractivity contribution is 7.98. The number of hydrogen-bond donors (Lipinski definition) is 11. The monoisotopic (exact) mass is 1300 g/mol. The Balaban J connectivity index is 1.08. The number of phenolic OH excluding ortho intramolecular Hbond substituents is 1. The number of thioether (sulfide) groups is 2. The lowest BCUT2D eigenvalue weighted by atomic mass is 10.00. The Hall–Kier alpha value is -9.00. The van der Waals surface area contributed by atoms with Crippen LogP contribution in [0.5, 0.6) is 5.75 Å². The van der Waals surface area contributed by atoms with E-state index in [9.17, 15) is 57.9 Å². The molecule has 3 aliphatic rings. The van der Waals surface area contributed by atoms with Crippen molar-refractivity contribution in [2.75, 3.05) is 37.7 Å². The number of primary amides is 1. The Labute approximate surface area is 540 Å². The summed E-state index contributed by atoms with van der Waals surface area (Å²) in [7, 11) is 0. The predicted molar refractivity (Wildman–Crippen MR) is 344 cm³/mol. The van der Waals surface area contributed by atoms with Gasteiger partial charge in [-0.25, -0.2) is 4.39 Å². The number of benzene rings is 4. The molecule has 4 aromatic carbocycles. The van der Waals surface area contributed by atoms with Crippen LogP contribution in [0.2, 0.25) is 0 Å². The van der Waals surface area contributed by atoms with Crippen molar-refractivity contribution in [3.63, 3.8) is 0 Å². The van der Waals surface area contributed by atoms with Crippen LogP contribution >= 0.6 is 23.5 Å². The minimum Gasteiger partial charge on any atom is -0.508 e. The number of carbonyl (C=O) groups is 10. The summed E-state index contributed by atoms with van der Waals surface area (Å²) in [6.45, 7) is 1.25. The lowest BCUT2D eigenvalue weighted by Gasteiger charge is -2.31. The Morgan fingerprint density at radius 1 is 0.674 bits per heavy atom. The number of fused-ring (bicyclic) bond motifs is 5. The quantitative estimate of drug-likeness (QED) is 0.0844. The van der Waals surface area contributed by atoms with Gasteiger partial charge < -0.3 is 68.6 Å². The Kier molecular flexibility index (Phi) is 25.0. The van der Waals surface area contributed by atoms with E-state index in [1.54, 1.807) is 36.5 Å². The molecule has 2 bridgehead atoms. The predicted octanol–water partition coefficient (Wildman–Crippen LogP) is 2.12. The number of aromatic amines is 1. The fraction of sp³-hybridized carbons (Fsp3) is 0.431. The number of rotatable bonds is 11. The second kappa shape index (κ2) is 33.4. The number of aromatic nitrogens is 1. The summed E-state index contributed by atoms with van der Waals surface area (Å²) in [6.07, 6.45) is 3.40. The molecular formula is C65H78FN13O11S2. The number of unbranched alkanes of at least 4 members (excludes halogenated alkanes) is 1. The van der Waals surface area contributed by atoms with Crippen molar-refractivity contribution < 1.29 is 57.4 Å². The van der Waals surface area contributed by atoms with E-state index < -0.39 is 120 Å². The second-order valence-corrected chi connectivity index (χ2v) is 25.3. The van der Waals surface area contributed by atoms with E-state index >= 15 is 4.79 Å². The van der Waals surface area contributed by atoms with Gasteiger partial charge in [-0.1, -0.05) is 48.5 Å². The third kappa shape index (κ3) is 19.3. The van der Waals surface area contributed by atoms with Crippen LogP contribution in [0.25, 0.3) is 10.9 Å². The van der Waals surface area contributed by atoms with Gasteiger partial charge in [0.25, 0.3) is 0 Å². The van der Waals surface area contributed by atoms with Crippen molar-refractivity contribution >= 4 is 93.5 Å². The molecule has 4 heterocycles. The number of hydrogen-bond acceptors (Lipinski definition) is 15. The summed E-state index contributed by atoms with van der Waals surface area (Å²) in [5.74, 6) is -6.18.